The van der Waals surface area contributed by atoms with Gasteiger partial charge in [0, 0.05) is 13.1 Å². The van der Waals surface area contributed by atoms with Crippen LogP contribution in [0, 0.1) is 0 Å². The molecule has 7 nitrogen and oxygen atoms in total. The maximum absolute atomic E-state index is 13.2. The molecule has 4 aromatic rings. The number of benzene rings is 2. The monoisotopic (exact) mass is 422 g/mol. The van der Waals surface area contributed by atoms with E-state index in [1.54, 1.807) is 42.3 Å². The number of imidazole rings is 1. The molecule has 0 aliphatic heterocycles. The molecule has 0 saturated heterocycles. The van der Waals surface area contributed by atoms with Gasteiger partial charge in [-0.1, -0.05) is 41.9 Å². The van der Waals surface area contributed by atoms with Crippen LogP contribution in [0.1, 0.15) is 5.56 Å². The van der Waals surface area contributed by atoms with Crippen LogP contribution in [0.15, 0.2) is 77.1 Å². The van der Waals surface area contributed by atoms with Crippen LogP contribution in [-0.4, -0.2) is 25.8 Å². The van der Waals surface area contributed by atoms with Crippen molar-refractivity contribution in [2.24, 2.45) is 0 Å². The van der Waals surface area contributed by atoms with Gasteiger partial charge < -0.3 is 9.30 Å². The van der Waals surface area contributed by atoms with Gasteiger partial charge in [-0.2, -0.15) is 0 Å². The third-order valence-corrected chi connectivity index (χ3v) is 5.14. The zero-order valence-corrected chi connectivity index (χ0v) is 17.0. The first-order valence-corrected chi connectivity index (χ1v) is 9.62. The zero-order chi connectivity index (χ0) is 21.3. The minimum atomic E-state index is -0.518. The van der Waals surface area contributed by atoms with Crippen LogP contribution in [0.25, 0.3) is 16.9 Å². The normalized spacial score (nSPS) is 11.0. The van der Waals surface area contributed by atoms with E-state index in [-0.39, 0.29) is 12.2 Å². The lowest BCUT2D eigenvalue weighted by Gasteiger charge is -2.13. The van der Waals surface area contributed by atoms with E-state index in [9.17, 15) is 9.59 Å². The number of rotatable bonds is 6. The standard InChI is InChI=1S/C22H19ClN4O3/c1-3-12-26-21(28)19-20(27(22(26)29)18-7-5-4-6-17(18)23)24-14-25(19)13-15-8-10-16(30-2)11-9-15/h3-11,14H,1,12-13H2,2H3. The number of allylic oxidation sites excluding steroid dienone is 1. The molecule has 2 aromatic carbocycles. The van der Waals surface area contributed by atoms with E-state index in [4.69, 9.17) is 16.3 Å². The van der Waals surface area contributed by atoms with Gasteiger partial charge in [-0.3, -0.25) is 9.36 Å². The summed E-state index contributed by atoms with van der Waals surface area (Å²) in [6, 6.07) is 14.5. The van der Waals surface area contributed by atoms with Crippen molar-refractivity contribution in [1.82, 2.24) is 18.7 Å². The molecule has 0 amide bonds. The quantitative estimate of drug-likeness (QED) is 0.447. The second kappa shape index (κ2) is 8.04. The van der Waals surface area contributed by atoms with Gasteiger partial charge in [0.1, 0.15) is 5.75 Å². The maximum atomic E-state index is 13.2. The van der Waals surface area contributed by atoms with Gasteiger partial charge in [-0.05, 0) is 29.8 Å². The van der Waals surface area contributed by atoms with Crippen molar-refractivity contribution in [2.75, 3.05) is 7.11 Å². The molecule has 0 unspecified atom stereocenters. The average molecular weight is 423 g/mol. The molecule has 0 radical (unpaired) electrons. The molecule has 0 fully saturated rings. The highest BCUT2D eigenvalue weighted by Crippen LogP contribution is 2.22. The number of nitrogens with zero attached hydrogens (tertiary/aromatic N) is 4. The molecule has 30 heavy (non-hydrogen) atoms. The molecule has 0 aliphatic carbocycles. The number of para-hydroxylation sites is 1. The lowest BCUT2D eigenvalue weighted by atomic mass is 10.2. The Bertz CT molecular complexity index is 1350. The Balaban J connectivity index is 1.97. The Labute approximate surface area is 177 Å². The number of ether oxygens (including phenoxy) is 1. The summed E-state index contributed by atoms with van der Waals surface area (Å²) >= 11 is 6.35. The fourth-order valence-electron chi connectivity index (χ4n) is 3.37. The van der Waals surface area contributed by atoms with Crippen molar-refractivity contribution in [1.29, 1.82) is 0 Å². The Morgan fingerprint density at radius 1 is 1.13 bits per heavy atom. The predicted octanol–water partition coefficient (Wildman–Crippen LogP) is 3.25. The largest absolute Gasteiger partial charge is 0.497 e. The second-order valence-electron chi connectivity index (χ2n) is 6.67. The van der Waals surface area contributed by atoms with Gasteiger partial charge in [0.25, 0.3) is 5.56 Å². The van der Waals surface area contributed by atoms with Crippen molar-refractivity contribution in [3.8, 4) is 11.4 Å². The summed E-state index contributed by atoms with van der Waals surface area (Å²) in [5, 5.41) is 0.384. The molecule has 0 bridgehead atoms. The van der Waals surface area contributed by atoms with Crippen LogP contribution in [0.2, 0.25) is 5.02 Å². The van der Waals surface area contributed by atoms with Gasteiger partial charge in [-0.15, -0.1) is 6.58 Å². The van der Waals surface area contributed by atoms with Crippen molar-refractivity contribution in [2.45, 2.75) is 13.1 Å². The minimum Gasteiger partial charge on any atom is -0.497 e. The summed E-state index contributed by atoms with van der Waals surface area (Å²) in [5.41, 5.74) is 1.04. The highest BCUT2D eigenvalue weighted by molar-refractivity contribution is 6.32. The number of halogens is 1. The van der Waals surface area contributed by atoms with Crippen LogP contribution >= 0.6 is 11.6 Å². The number of hydrogen-bond acceptors (Lipinski definition) is 4. The van der Waals surface area contributed by atoms with E-state index < -0.39 is 11.2 Å². The molecule has 2 heterocycles. The molecular weight excluding hydrogens is 404 g/mol. The first kappa shape index (κ1) is 19.7. The fourth-order valence-corrected chi connectivity index (χ4v) is 3.59. The zero-order valence-electron chi connectivity index (χ0n) is 16.3. The molecular formula is C22H19ClN4O3. The summed E-state index contributed by atoms with van der Waals surface area (Å²) < 4.78 is 9.42. The SMILES string of the molecule is C=CCn1c(=O)c2c(ncn2Cc2ccc(OC)cc2)n(-c2ccccc2Cl)c1=O. The molecule has 8 heteroatoms. The van der Waals surface area contributed by atoms with Crippen LogP contribution in [0.4, 0.5) is 0 Å². The molecule has 0 spiro atoms. The van der Waals surface area contributed by atoms with E-state index >= 15 is 0 Å². The van der Waals surface area contributed by atoms with Gasteiger partial charge in [-0.25, -0.2) is 14.3 Å². The highest BCUT2D eigenvalue weighted by atomic mass is 35.5. The van der Waals surface area contributed by atoms with Crippen LogP contribution in [0.3, 0.4) is 0 Å². The fraction of sp³-hybridized carbons (Fsp3) is 0.136. The van der Waals surface area contributed by atoms with Crippen LogP contribution < -0.4 is 16.0 Å². The van der Waals surface area contributed by atoms with Gasteiger partial charge in [0.2, 0.25) is 0 Å². The number of aromatic nitrogens is 4. The molecule has 0 atom stereocenters. The van der Waals surface area contributed by atoms with Gasteiger partial charge >= 0.3 is 5.69 Å². The van der Waals surface area contributed by atoms with E-state index in [1.165, 1.54) is 10.6 Å². The third-order valence-electron chi connectivity index (χ3n) is 4.82. The first-order chi connectivity index (χ1) is 14.5. The van der Waals surface area contributed by atoms with E-state index in [2.05, 4.69) is 11.6 Å². The molecule has 0 saturated carbocycles. The predicted molar refractivity (Wildman–Crippen MR) is 117 cm³/mol. The summed E-state index contributed by atoms with van der Waals surface area (Å²) in [7, 11) is 1.61. The Kier molecular flexibility index (Phi) is 5.29. The number of hydrogen-bond donors (Lipinski definition) is 0. The summed E-state index contributed by atoms with van der Waals surface area (Å²) in [6.45, 7) is 4.15. The molecule has 0 aliphatic rings. The lowest BCUT2D eigenvalue weighted by Crippen LogP contribution is -2.39. The van der Waals surface area contributed by atoms with Crippen molar-refractivity contribution >= 4 is 22.8 Å². The average Bonchev–Trinajstić information content (AvgIpc) is 3.16. The van der Waals surface area contributed by atoms with E-state index in [0.29, 0.717) is 22.8 Å². The highest BCUT2D eigenvalue weighted by Gasteiger charge is 2.20. The van der Waals surface area contributed by atoms with E-state index in [0.717, 1.165) is 15.9 Å². The third kappa shape index (κ3) is 3.33. The van der Waals surface area contributed by atoms with Crippen molar-refractivity contribution in [3.05, 3.63) is 98.9 Å². The van der Waals surface area contributed by atoms with Crippen LogP contribution in [0.5, 0.6) is 5.75 Å². The Morgan fingerprint density at radius 2 is 1.87 bits per heavy atom. The summed E-state index contributed by atoms with van der Waals surface area (Å²) in [6.07, 6.45) is 3.07. The minimum absolute atomic E-state index is 0.0752. The molecule has 4 rings (SSSR count). The Morgan fingerprint density at radius 3 is 2.53 bits per heavy atom. The topological polar surface area (TPSA) is 71.0 Å². The summed E-state index contributed by atoms with van der Waals surface area (Å²) in [5.74, 6) is 0.745. The summed E-state index contributed by atoms with van der Waals surface area (Å²) in [4.78, 5) is 30.7. The first-order valence-electron chi connectivity index (χ1n) is 9.24. The van der Waals surface area contributed by atoms with Crippen molar-refractivity contribution < 1.29 is 4.74 Å². The van der Waals surface area contributed by atoms with Gasteiger partial charge in [0.05, 0.1) is 24.1 Å². The lowest BCUT2D eigenvalue weighted by molar-refractivity contribution is 0.414. The second-order valence-corrected chi connectivity index (χ2v) is 7.07. The molecule has 152 valence electrons. The van der Waals surface area contributed by atoms with Gasteiger partial charge in [0.15, 0.2) is 11.2 Å². The number of methoxy groups -OCH3 is 1. The van der Waals surface area contributed by atoms with Crippen LogP contribution in [-0.2, 0) is 13.1 Å². The maximum Gasteiger partial charge on any atom is 0.337 e. The van der Waals surface area contributed by atoms with E-state index in [1.807, 2.05) is 24.3 Å². The van der Waals surface area contributed by atoms with Crippen molar-refractivity contribution in [3.63, 3.8) is 0 Å². The number of fused-ring (bicyclic) bond motifs is 1. The molecule has 0 N–H and O–H groups in total. The molecule has 2 aromatic heterocycles. The smallest absolute Gasteiger partial charge is 0.337 e. The Hall–Kier alpha value is -3.58.